The van der Waals surface area contributed by atoms with Crippen LogP contribution in [-0.2, 0) is 16.1 Å². The highest BCUT2D eigenvalue weighted by Crippen LogP contribution is 2.23. The van der Waals surface area contributed by atoms with E-state index in [9.17, 15) is 4.79 Å². The third-order valence-corrected chi connectivity index (χ3v) is 4.10. The zero-order chi connectivity index (χ0) is 16.1. The minimum Gasteiger partial charge on any atom is -0.381 e. The fourth-order valence-electron chi connectivity index (χ4n) is 2.92. The van der Waals surface area contributed by atoms with Crippen molar-refractivity contribution in [3.8, 4) is 11.4 Å². The highest BCUT2D eigenvalue weighted by atomic mass is 16.5. The summed E-state index contributed by atoms with van der Waals surface area (Å²) >= 11 is 0. The number of benzene rings is 1. The normalized spacial score (nSPS) is 17.9. The number of hydrogen-bond acceptors (Lipinski definition) is 3. The molecular weight excluding hydrogens is 290 g/mol. The van der Waals surface area contributed by atoms with E-state index in [2.05, 4.69) is 21.8 Å². The van der Waals surface area contributed by atoms with Gasteiger partial charge in [-0.3, -0.25) is 4.79 Å². The van der Waals surface area contributed by atoms with Crippen LogP contribution in [0.25, 0.3) is 11.4 Å². The van der Waals surface area contributed by atoms with E-state index >= 15 is 0 Å². The second-order valence-electron chi connectivity index (χ2n) is 5.93. The Morgan fingerprint density at radius 2 is 2.39 bits per heavy atom. The molecule has 1 unspecified atom stereocenters. The minimum atomic E-state index is -0.0468. The summed E-state index contributed by atoms with van der Waals surface area (Å²) < 4.78 is 7.53. The third-order valence-electron chi connectivity index (χ3n) is 4.10. The zero-order valence-corrected chi connectivity index (χ0v) is 13.5. The lowest BCUT2D eigenvalue weighted by Gasteiger charge is -2.21. The van der Waals surface area contributed by atoms with Crippen LogP contribution in [0.3, 0.4) is 0 Å². The van der Waals surface area contributed by atoms with Gasteiger partial charge >= 0.3 is 0 Å². The highest BCUT2D eigenvalue weighted by molar-refractivity contribution is 5.93. The van der Waals surface area contributed by atoms with E-state index in [0.29, 0.717) is 6.61 Å². The van der Waals surface area contributed by atoms with E-state index in [1.807, 2.05) is 36.7 Å². The Hall–Kier alpha value is -2.14. The van der Waals surface area contributed by atoms with Crippen LogP contribution >= 0.6 is 0 Å². The summed E-state index contributed by atoms with van der Waals surface area (Å²) in [5.41, 5.74) is 1.82. The molecule has 0 aliphatic carbocycles. The summed E-state index contributed by atoms with van der Waals surface area (Å²) in [5, 5.41) is 3.01. The molecule has 1 aromatic heterocycles. The number of ether oxygens (including phenoxy) is 1. The molecule has 1 fully saturated rings. The monoisotopic (exact) mass is 313 g/mol. The second-order valence-corrected chi connectivity index (χ2v) is 5.93. The molecule has 0 saturated carbocycles. The number of imidazole rings is 1. The van der Waals surface area contributed by atoms with E-state index in [0.717, 1.165) is 49.5 Å². The standard InChI is InChI=1S/C18H23N3O2/c1-2-9-21-10-8-19-17(21)14-5-3-7-16(12-14)20-18(22)15-6-4-11-23-13-15/h3,5,7-8,10,12,15H,2,4,6,9,11,13H2,1H3,(H,20,22). The number of hydrogen-bond donors (Lipinski definition) is 1. The molecule has 5 heteroatoms. The van der Waals surface area contributed by atoms with Gasteiger partial charge in [0.1, 0.15) is 5.82 Å². The van der Waals surface area contributed by atoms with Crippen molar-refractivity contribution in [2.45, 2.75) is 32.7 Å². The molecule has 0 radical (unpaired) electrons. The fourth-order valence-corrected chi connectivity index (χ4v) is 2.92. The van der Waals surface area contributed by atoms with Gasteiger partial charge in [0.15, 0.2) is 0 Å². The largest absolute Gasteiger partial charge is 0.381 e. The number of carbonyl (C=O) groups is 1. The summed E-state index contributed by atoms with van der Waals surface area (Å²) in [7, 11) is 0. The predicted octanol–water partition coefficient (Wildman–Crippen LogP) is 3.33. The van der Waals surface area contributed by atoms with E-state index in [4.69, 9.17) is 4.74 Å². The first-order valence-corrected chi connectivity index (χ1v) is 8.28. The van der Waals surface area contributed by atoms with E-state index in [1.54, 1.807) is 0 Å². The molecule has 1 amide bonds. The molecule has 1 atom stereocenters. The summed E-state index contributed by atoms with van der Waals surface area (Å²) in [6.45, 7) is 4.36. The van der Waals surface area contributed by atoms with Crippen LogP contribution in [0.15, 0.2) is 36.7 Å². The maximum Gasteiger partial charge on any atom is 0.229 e. The minimum absolute atomic E-state index is 0.0405. The van der Waals surface area contributed by atoms with E-state index in [1.165, 1.54) is 0 Å². The van der Waals surface area contributed by atoms with Gasteiger partial charge in [-0.15, -0.1) is 0 Å². The molecule has 2 aromatic rings. The molecule has 0 spiro atoms. The number of aromatic nitrogens is 2. The van der Waals surface area contributed by atoms with Gasteiger partial charge in [0.25, 0.3) is 0 Å². The second kappa shape index (κ2) is 7.42. The number of carbonyl (C=O) groups excluding carboxylic acids is 1. The maximum atomic E-state index is 12.3. The van der Waals surface area contributed by atoms with Gasteiger partial charge in [0.2, 0.25) is 5.91 Å². The van der Waals surface area contributed by atoms with Crippen molar-refractivity contribution in [1.82, 2.24) is 9.55 Å². The van der Waals surface area contributed by atoms with Crippen LogP contribution in [0.5, 0.6) is 0 Å². The van der Waals surface area contributed by atoms with E-state index < -0.39 is 0 Å². The first kappa shape index (κ1) is 15.7. The Morgan fingerprint density at radius 1 is 1.48 bits per heavy atom. The fraction of sp³-hybridized carbons (Fsp3) is 0.444. The number of aryl methyl sites for hydroxylation is 1. The smallest absolute Gasteiger partial charge is 0.229 e. The van der Waals surface area contributed by atoms with Crippen molar-refractivity contribution in [3.63, 3.8) is 0 Å². The molecule has 0 bridgehead atoms. The third kappa shape index (κ3) is 3.79. The lowest BCUT2D eigenvalue weighted by Crippen LogP contribution is -2.30. The Labute approximate surface area is 136 Å². The first-order valence-electron chi connectivity index (χ1n) is 8.28. The Kier molecular flexibility index (Phi) is 5.08. The summed E-state index contributed by atoms with van der Waals surface area (Å²) in [6, 6.07) is 7.87. The van der Waals surface area contributed by atoms with Crippen LogP contribution in [0.1, 0.15) is 26.2 Å². The van der Waals surface area contributed by atoms with Crippen molar-refractivity contribution in [1.29, 1.82) is 0 Å². The molecule has 1 aromatic carbocycles. The van der Waals surface area contributed by atoms with Crippen LogP contribution in [0.4, 0.5) is 5.69 Å². The van der Waals surface area contributed by atoms with Gasteiger partial charge in [-0.1, -0.05) is 19.1 Å². The number of nitrogens with zero attached hydrogens (tertiary/aromatic N) is 2. The van der Waals surface area contributed by atoms with Crippen LogP contribution in [0.2, 0.25) is 0 Å². The average Bonchev–Trinajstić information content (AvgIpc) is 3.04. The predicted molar refractivity (Wildman–Crippen MR) is 90.1 cm³/mol. The van der Waals surface area contributed by atoms with Gasteiger partial charge in [0.05, 0.1) is 12.5 Å². The Morgan fingerprint density at radius 3 is 3.17 bits per heavy atom. The topological polar surface area (TPSA) is 56.2 Å². The average molecular weight is 313 g/mol. The highest BCUT2D eigenvalue weighted by Gasteiger charge is 2.21. The van der Waals surface area contributed by atoms with Gasteiger partial charge in [-0.2, -0.15) is 0 Å². The first-order chi connectivity index (χ1) is 11.3. The zero-order valence-electron chi connectivity index (χ0n) is 13.5. The van der Waals surface area contributed by atoms with Gasteiger partial charge in [-0.25, -0.2) is 4.98 Å². The molecular formula is C18H23N3O2. The SMILES string of the molecule is CCCn1ccnc1-c1cccc(NC(=O)C2CCCOC2)c1. The molecule has 3 rings (SSSR count). The van der Waals surface area contributed by atoms with Gasteiger partial charge in [0, 0.05) is 36.8 Å². The molecule has 1 saturated heterocycles. The number of amides is 1. The number of anilines is 1. The van der Waals surface area contributed by atoms with Crippen molar-refractivity contribution in [2.24, 2.45) is 5.92 Å². The quantitative estimate of drug-likeness (QED) is 0.921. The van der Waals surface area contributed by atoms with E-state index in [-0.39, 0.29) is 11.8 Å². The molecule has 23 heavy (non-hydrogen) atoms. The Bertz CT molecular complexity index is 660. The lowest BCUT2D eigenvalue weighted by molar-refractivity contribution is -0.123. The van der Waals surface area contributed by atoms with Crippen molar-refractivity contribution < 1.29 is 9.53 Å². The molecule has 5 nitrogen and oxygen atoms in total. The number of rotatable bonds is 5. The lowest BCUT2D eigenvalue weighted by atomic mass is 10.0. The molecule has 2 heterocycles. The van der Waals surface area contributed by atoms with Crippen LogP contribution in [0, 0.1) is 5.92 Å². The van der Waals surface area contributed by atoms with Gasteiger partial charge < -0.3 is 14.6 Å². The van der Waals surface area contributed by atoms with Gasteiger partial charge in [-0.05, 0) is 31.4 Å². The molecule has 1 N–H and O–H groups in total. The van der Waals surface area contributed by atoms with Crippen LogP contribution < -0.4 is 5.32 Å². The summed E-state index contributed by atoms with van der Waals surface area (Å²) in [5.74, 6) is 0.928. The molecule has 1 aliphatic rings. The number of nitrogens with one attached hydrogen (secondary N) is 1. The van der Waals surface area contributed by atoms with Crippen LogP contribution in [-0.4, -0.2) is 28.7 Å². The van der Waals surface area contributed by atoms with Crippen molar-refractivity contribution in [2.75, 3.05) is 18.5 Å². The van der Waals surface area contributed by atoms with Crippen molar-refractivity contribution in [3.05, 3.63) is 36.7 Å². The Balaban J connectivity index is 1.74. The summed E-state index contributed by atoms with van der Waals surface area (Å²) in [4.78, 5) is 16.8. The van der Waals surface area contributed by atoms with Crippen molar-refractivity contribution >= 4 is 11.6 Å². The molecule has 1 aliphatic heterocycles. The maximum absolute atomic E-state index is 12.3. The summed E-state index contributed by atoms with van der Waals surface area (Å²) in [6.07, 6.45) is 6.71. The molecule has 122 valence electrons.